The van der Waals surface area contributed by atoms with E-state index in [1.165, 1.54) is 49.6 Å². The normalized spacial score (nSPS) is 11.5. The number of nitrogens with two attached hydrogens (primary N) is 1. The molecular weight excluding hydrogens is 316 g/mol. The first-order valence-corrected chi connectivity index (χ1v) is 9.49. The van der Waals surface area contributed by atoms with Crippen LogP contribution in [-0.4, -0.2) is 11.5 Å². The van der Waals surface area contributed by atoms with Gasteiger partial charge in [0.2, 0.25) is 0 Å². The molecule has 0 aliphatic heterocycles. The first-order valence-electron chi connectivity index (χ1n) is 9.49. The Morgan fingerprint density at radius 2 is 1.62 bits per heavy atom. The maximum absolute atomic E-state index is 5.75. The van der Waals surface area contributed by atoms with Crippen molar-refractivity contribution in [1.29, 1.82) is 0 Å². The molecule has 0 atom stereocenters. The van der Waals surface area contributed by atoms with Crippen molar-refractivity contribution >= 4 is 21.7 Å². The molecule has 0 amide bonds. The van der Waals surface area contributed by atoms with Gasteiger partial charge in [0, 0.05) is 16.5 Å². The third-order valence-corrected chi connectivity index (χ3v) is 5.42. The number of nitrogens with one attached hydrogen (secondary N) is 1. The summed E-state index contributed by atoms with van der Waals surface area (Å²) in [5.74, 6) is 0. The minimum Gasteiger partial charge on any atom is -0.354 e. The number of H-pyrrole nitrogens is 1. The van der Waals surface area contributed by atoms with Gasteiger partial charge >= 0.3 is 0 Å². The predicted octanol–water partition coefficient (Wildman–Crippen LogP) is 5.89. The van der Waals surface area contributed by atoms with Crippen molar-refractivity contribution in [1.82, 2.24) is 4.98 Å². The number of fused-ring (bicyclic) bond motifs is 2. The number of rotatable bonds is 5. The van der Waals surface area contributed by atoms with E-state index in [1.807, 2.05) is 0 Å². The zero-order valence-corrected chi connectivity index (χ0v) is 15.6. The van der Waals surface area contributed by atoms with Gasteiger partial charge in [-0.15, -0.1) is 0 Å². The van der Waals surface area contributed by atoms with E-state index in [4.69, 9.17) is 5.73 Å². The minimum absolute atomic E-state index is 0.754. The molecule has 2 nitrogen and oxygen atoms in total. The first kappa shape index (κ1) is 16.9. The van der Waals surface area contributed by atoms with E-state index in [2.05, 4.69) is 73.4 Å². The summed E-state index contributed by atoms with van der Waals surface area (Å²) in [5, 5.41) is 3.98. The second kappa shape index (κ2) is 6.97. The van der Waals surface area contributed by atoms with Crippen LogP contribution in [0.3, 0.4) is 0 Å². The first-order chi connectivity index (χ1) is 12.7. The highest BCUT2D eigenvalue weighted by Gasteiger charge is 2.17. The van der Waals surface area contributed by atoms with Crippen LogP contribution in [-0.2, 0) is 6.42 Å². The minimum atomic E-state index is 0.754. The fourth-order valence-electron chi connectivity index (χ4n) is 4.06. The van der Waals surface area contributed by atoms with Gasteiger partial charge in [-0.1, -0.05) is 54.6 Å². The summed E-state index contributed by atoms with van der Waals surface area (Å²) in [7, 11) is 0. The van der Waals surface area contributed by atoms with E-state index in [9.17, 15) is 0 Å². The summed E-state index contributed by atoms with van der Waals surface area (Å²) in [4.78, 5) is 3.78. The lowest BCUT2D eigenvalue weighted by atomic mass is 9.94. The van der Waals surface area contributed by atoms with Crippen molar-refractivity contribution < 1.29 is 0 Å². The van der Waals surface area contributed by atoms with Gasteiger partial charge in [0.1, 0.15) is 0 Å². The van der Waals surface area contributed by atoms with Gasteiger partial charge in [-0.05, 0) is 67.1 Å². The van der Waals surface area contributed by atoms with Crippen LogP contribution >= 0.6 is 0 Å². The SMILES string of the molecule is Cc1ccc(C)c2c(CCCCN)c(-c3cccc4ccccc34)[nH]c12. The molecule has 1 heterocycles. The van der Waals surface area contributed by atoms with Gasteiger partial charge in [-0.3, -0.25) is 0 Å². The van der Waals surface area contributed by atoms with Crippen LogP contribution in [0.25, 0.3) is 32.9 Å². The highest BCUT2D eigenvalue weighted by atomic mass is 14.7. The molecule has 3 N–H and O–H groups in total. The quantitative estimate of drug-likeness (QED) is 0.436. The van der Waals surface area contributed by atoms with Crippen LogP contribution in [0, 0.1) is 13.8 Å². The van der Waals surface area contributed by atoms with E-state index in [1.54, 1.807) is 0 Å². The predicted molar refractivity (Wildman–Crippen MR) is 113 cm³/mol. The maximum Gasteiger partial charge on any atom is 0.0503 e. The van der Waals surface area contributed by atoms with Gasteiger partial charge < -0.3 is 10.7 Å². The van der Waals surface area contributed by atoms with Crippen LogP contribution < -0.4 is 5.73 Å². The Labute approximate surface area is 155 Å². The number of unbranched alkanes of at least 4 members (excludes halogenated alkanes) is 1. The van der Waals surface area contributed by atoms with Crippen molar-refractivity contribution in [3.63, 3.8) is 0 Å². The Hall–Kier alpha value is -2.58. The van der Waals surface area contributed by atoms with Gasteiger partial charge in [-0.2, -0.15) is 0 Å². The van der Waals surface area contributed by atoms with Crippen LogP contribution in [0.4, 0.5) is 0 Å². The third-order valence-electron chi connectivity index (χ3n) is 5.42. The van der Waals surface area contributed by atoms with Gasteiger partial charge in [0.25, 0.3) is 0 Å². The second-order valence-corrected chi connectivity index (χ2v) is 7.20. The van der Waals surface area contributed by atoms with Crippen LogP contribution in [0.1, 0.15) is 29.5 Å². The molecule has 1 aromatic heterocycles. The number of aromatic nitrogens is 1. The molecule has 0 bridgehead atoms. The third kappa shape index (κ3) is 2.81. The topological polar surface area (TPSA) is 41.8 Å². The van der Waals surface area contributed by atoms with Crippen molar-refractivity contribution in [2.45, 2.75) is 33.1 Å². The molecule has 0 aliphatic rings. The number of hydrogen-bond donors (Lipinski definition) is 2. The molecule has 0 saturated carbocycles. The molecule has 0 spiro atoms. The van der Waals surface area contributed by atoms with E-state index in [0.717, 1.165) is 25.8 Å². The molecule has 4 rings (SSSR count). The molecule has 0 fully saturated rings. The van der Waals surface area contributed by atoms with Gasteiger partial charge in [0.15, 0.2) is 0 Å². The molecule has 0 aliphatic carbocycles. The second-order valence-electron chi connectivity index (χ2n) is 7.20. The fraction of sp³-hybridized carbons (Fsp3) is 0.250. The summed E-state index contributed by atoms with van der Waals surface area (Å²) >= 11 is 0. The molecular formula is C24H26N2. The average Bonchev–Trinajstić information content (AvgIpc) is 3.05. The highest BCUT2D eigenvalue weighted by molar-refractivity contribution is 6.02. The van der Waals surface area contributed by atoms with Crippen LogP contribution in [0.2, 0.25) is 0 Å². The average molecular weight is 342 g/mol. The zero-order valence-electron chi connectivity index (χ0n) is 15.6. The lowest BCUT2D eigenvalue weighted by Crippen LogP contribution is -1.99. The van der Waals surface area contributed by atoms with Crippen molar-refractivity contribution in [3.8, 4) is 11.3 Å². The Balaban J connectivity index is 2.00. The smallest absolute Gasteiger partial charge is 0.0503 e. The number of hydrogen-bond acceptors (Lipinski definition) is 1. The zero-order chi connectivity index (χ0) is 18.1. The summed E-state index contributed by atoms with van der Waals surface area (Å²) < 4.78 is 0. The molecule has 132 valence electrons. The van der Waals surface area contributed by atoms with E-state index < -0.39 is 0 Å². The highest BCUT2D eigenvalue weighted by Crippen LogP contribution is 2.37. The molecule has 3 aromatic carbocycles. The Kier molecular flexibility index (Phi) is 4.52. The van der Waals surface area contributed by atoms with Crippen LogP contribution in [0.5, 0.6) is 0 Å². The molecule has 0 radical (unpaired) electrons. The Morgan fingerprint density at radius 1 is 0.846 bits per heavy atom. The van der Waals surface area contributed by atoms with Crippen LogP contribution in [0.15, 0.2) is 54.6 Å². The summed E-state index contributed by atoms with van der Waals surface area (Å²) in [6.45, 7) is 5.16. The fourth-order valence-corrected chi connectivity index (χ4v) is 4.06. The summed E-state index contributed by atoms with van der Waals surface area (Å²) in [5.41, 5.74) is 13.7. The van der Waals surface area contributed by atoms with Gasteiger partial charge in [-0.25, -0.2) is 0 Å². The van der Waals surface area contributed by atoms with Crippen molar-refractivity contribution in [2.75, 3.05) is 6.54 Å². The van der Waals surface area contributed by atoms with Gasteiger partial charge in [0.05, 0.1) is 5.69 Å². The summed E-state index contributed by atoms with van der Waals surface area (Å²) in [6, 6.07) is 19.7. The van der Waals surface area contributed by atoms with Crippen molar-refractivity contribution in [3.05, 3.63) is 71.3 Å². The Bertz CT molecular complexity index is 1070. The van der Waals surface area contributed by atoms with E-state index in [-0.39, 0.29) is 0 Å². The molecule has 2 heteroatoms. The maximum atomic E-state index is 5.75. The van der Waals surface area contributed by atoms with E-state index in [0.29, 0.717) is 0 Å². The largest absolute Gasteiger partial charge is 0.354 e. The monoisotopic (exact) mass is 342 g/mol. The number of benzene rings is 3. The number of aromatic amines is 1. The molecule has 26 heavy (non-hydrogen) atoms. The lowest BCUT2D eigenvalue weighted by molar-refractivity contribution is 0.748. The molecule has 0 unspecified atom stereocenters. The molecule has 0 saturated heterocycles. The lowest BCUT2D eigenvalue weighted by Gasteiger charge is -2.09. The standard InChI is InChI=1S/C24H26N2/c1-16-13-14-17(2)23-22(16)21(11-5-6-15-25)24(26-23)20-12-7-9-18-8-3-4-10-19(18)20/h3-4,7-10,12-14,26H,5-6,11,15,25H2,1-2H3. The van der Waals surface area contributed by atoms with E-state index >= 15 is 0 Å². The Morgan fingerprint density at radius 3 is 2.46 bits per heavy atom. The molecule has 4 aromatic rings. The van der Waals surface area contributed by atoms with Crippen molar-refractivity contribution in [2.24, 2.45) is 5.73 Å². The number of aryl methyl sites for hydroxylation is 3. The summed E-state index contributed by atoms with van der Waals surface area (Å²) in [6.07, 6.45) is 3.24.